The highest BCUT2D eigenvalue weighted by molar-refractivity contribution is 7.98. The fourth-order valence-electron chi connectivity index (χ4n) is 1.73. The van der Waals surface area contributed by atoms with Crippen molar-refractivity contribution >= 4 is 35.0 Å². The standard InChI is InChI=1S/C13H10Cl2N4OS/c14-10-4-3-9(12(15)6-10)8-21-13-16-17-18-19(13)7-11-2-1-5-20-11/h1-6H,7-8H2. The van der Waals surface area contributed by atoms with Crippen LogP contribution in [0.15, 0.2) is 46.2 Å². The highest BCUT2D eigenvalue weighted by Crippen LogP contribution is 2.27. The van der Waals surface area contributed by atoms with Crippen LogP contribution in [0.3, 0.4) is 0 Å². The zero-order valence-electron chi connectivity index (χ0n) is 10.7. The first kappa shape index (κ1) is 14.4. The summed E-state index contributed by atoms with van der Waals surface area (Å²) in [6.07, 6.45) is 1.62. The van der Waals surface area contributed by atoms with Crippen molar-refractivity contribution in [2.24, 2.45) is 0 Å². The van der Waals surface area contributed by atoms with E-state index in [1.807, 2.05) is 24.3 Å². The van der Waals surface area contributed by atoms with Gasteiger partial charge in [0.15, 0.2) is 0 Å². The van der Waals surface area contributed by atoms with E-state index >= 15 is 0 Å². The van der Waals surface area contributed by atoms with E-state index in [2.05, 4.69) is 15.5 Å². The molecule has 0 aliphatic carbocycles. The van der Waals surface area contributed by atoms with Crippen LogP contribution in [-0.4, -0.2) is 20.2 Å². The van der Waals surface area contributed by atoms with Gasteiger partial charge in [-0.15, -0.1) is 5.10 Å². The highest BCUT2D eigenvalue weighted by Gasteiger charge is 2.10. The van der Waals surface area contributed by atoms with E-state index in [0.717, 1.165) is 11.3 Å². The molecule has 0 radical (unpaired) electrons. The van der Waals surface area contributed by atoms with Crippen LogP contribution in [0.2, 0.25) is 10.0 Å². The van der Waals surface area contributed by atoms with Gasteiger partial charge in [0.2, 0.25) is 5.16 Å². The van der Waals surface area contributed by atoms with E-state index in [9.17, 15) is 0 Å². The number of halogens is 2. The van der Waals surface area contributed by atoms with E-state index in [4.69, 9.17) is 27.6 Å². The Kier molecular flexibility index (Phi) is 4.48. The molecule has 0 unspecified atom stereocenters. The zero-order chi connectivity index (χ0) is 14.7. The van der Waals surface area contributed by atoms with Gasteiger partial charge in [0, 0.05) is 15.8 Å². The Morgan fingerprint density at radius 3 is 2.90 bits per heavy atom. The lowest BCUT2D eigenvalue weighted by Crippen LogP contribution is -2.03. The van der Waals surface area contributed by atoms with Crippen molar-refractivity contribution in [1.29, 1.82) is 0 Å². The zero-order valence-corrected chi connectivity index (χ0v) is 13.1. The molecule has 2 heterocycles. The average molecular weight is 341 g/mol. The molecule has 0 saturated heterocycles. The molecule has 8 heteroatoms. The van der Waals surface area contributed by atoms with Crippen molar-refractivity contribution in [3.05, 3.63) is 58.0 Å². The summed E-state index contributed by atoms with van der Waals surface area (Å²) in [6, 6.07) is 9.16. The molecule has 3 aromatic rings. The SMILES string of the molecule is Clc1ccc(CSc2nnnn2Cc2ccco2)c(Cl)c1. The van der Waals surface area contributed by atoms with Gasteiger partial charge in [0.1, 0.15) is 12.3 Å². The Balaban J connectivity index is 1.69. The van der Waals surface area contributed by atoms with Gasteiger partial charge in [-0.2, -0.15) is 0 Å². The number of benzene rings is 1. The van der Waals surface area contributed by atoms with Gasteiger partial charge < -0.3 is 4.42 Å². The molecule has 0 spiro atoms. The highest BCUT2D eigenvalue weighted by atomic mass is 35.5. The van der Waals surface area contributed by atoms with Gasteiger partial charge in [0.25, 0.3) is 0 Å². The molecule has 2 aromatic heterocycles. The largest absolute Gasteiger partial charge is 0.467 e. The quantitative estimate of drug-likeness (QED) is 0.659. The smallest absolute Gasteiger partial charge is 0.210 e. The third kappa shape index (κ3) is 3.58. The molecule has 21 heavy (non-hydrogen) atoms. The van der Waals surface area contributed by atoms with Gasteiger partial charge in [-0.05, 0) is 40.3 Å². The summed E-state index contributed by atoms with van der Waals surface area (Å²) in [5.41, 5.74) is 0.985. The maximum atomic E-state index is 6.15. The molecule has 1 aromatic carbocycles. The van der Waals surface area contributed by atoms with Crippen molar-refractivity contribution < 1.29 is 4.42 Å². The second-order valence-electron chi connectivity index (χ2n) is 4.22. The summed E-state index contributed by atoms with van der Waals surface area (Å²) in [7, 11) is 0. The Bertz CT molecular complexity index is 730. The van der Waals surface area contributed by atoms with Gasteiger partial charge >= 0.3 is 0 Å². The molecule has 0 N–H and O–H groups in total. The lowest BCUT2D eigenvalue weighted by atomic mass is 10.2. The number of rotatable bonds is 5. The number of aromatic nitrogens is 4. The van der Waals surface area contributed by atoms with Gasteiger partial charge in [0.05, 0.1) is 6.26 Å². The first-order valence-electron chi connectivity index (χ1n) is 6.07. The van der Waals surface area contributed by atoms with Crippen molar-refractivity contribution in [2.45, 2.75) is 17.5 Å². The van der Waals surface area contributed by atoms with Gasteiger partial charge in [-0.25, -0.2) is 4.68 Å². The van der Waals surface area contributed by atoms with Crippen LogP contribution in [0.1, 0.15) is 11.3 Å². The normalized spacial score (nSPS) is 11.0. The number of nitrogens with zero attached hydrogens (tertiary/aromatic N) is 4. The summed E-state index contributed by atoms with van der Waals surface area (Å²) in [5, 5.41) is 13.6. The molecular weight excluding hydrogens is 331 g/mol. The average Bonchev–Trinajstić information content (AvgIpc) is 3.10. The monoisotopic (exact) mass is 340 g/mol. The second kappa shape index (κ2) is 6.51. The maximum Gasteiger partial charge on any atom is 0.210 e. The fraction of sp³-hybridized carbons (Fsp3) is 0.154. The van der Waals surface area contributed by atoms with Crippen LogP contribution in [0.4, 0.5) is 0 Å². The van der Waals surface area contributed by atoms with Crippen LogP contribution in [0.5, 0.6) is 0 Å². The van der Waals surface area contributed by atoms with Crippen LogP contribution >= 0.6 is 35.0 Å². The van der Waals surface area contributed by atoms with Crippen LogP contribution in [0.25, 0.3) is 0 Å². The number of hydrogen-bond donors (Lipinski definition) is 0. The van der Waals surface area contributed by atoms with E-state index < -0.39 is 0 Å². The molecule has 0 fully saturated rings. The number of thioether (sulfide) groups is 1. The number of furan rings is 1. The molecule has 0 aliphatic rings. The summed E-state index contributed by atoms with van der Waals surface area (Å²) in [4.78, 5) is 0. The molecule has 3 rings (SSSR count). The Morgan fingerprint density at radius 1 is 1.24 bits per heavy atom. The van der Waals surface area contributed by atoms with Crippen molar-refractivity contribution in [1.82, 2.24) is 20.2 Å². The van der Waals surface area contributed by atoms with E-state index in [0.29, 0.717) is 27.5 Å². The predicted molar refractivity (Wildman–Crippen MR) is 81.7 cm³/mol. The van der Waals surface area contributed by atoms with E-state index in [1.54, 1.807) is 17.0 Å². The summed E-state index contributed by atoms with van der Waals surface area (Å²) in [5.74, 6) is 1.46. The number of tetrazole rings is 1. The summed E-state index contributed by atoms with van der Waals surface area (Å²) in [6.45, 7) is 0.497. The summed E-state index contributed by atoms with van der Waals surface area (Å²) >= 11 is 13.5. The third-order valence-electron chi connectivity index (χ3n) is 2.76. The third-order valence-corrected chi connectivity index (χ3v) is 4.35. The Morgan fingerprint density at radius 2 is 2.14 bits per heavy atom. The molecule has 0 aliphatic heterocycles. The van der Waals surface area contributed by atoms with Crippen molar-refractivity contribution in [3.63, 3.8) is 0 Å². The van der Waals surface area contributed by atoms with E-state index in [-0.39, 0.29) is 0 Å². The molecule has 0 atom stereocenters. The molecular formula is C13H10Cl2N4OS. The second-order valence-corrected chi connectivity index (χ2v) is 6.01. The molecule has 0 amide bonds. The minimum absolute atomic E-state index is 0.497. The lowest BCUT2D eigenvalue weighted by molar-refractivity contribution is 0.462. The first-order valence-corrected chi connectivity index (χ1v) is 7.82. The topological polar surface area (TPSA) is 56.7 Å². The Labute approximate surface area is 135 Å². The molecule has 0 bridgehead atoms. The van der Waals surface area contributed by atoms with Crippen molar-refractivity contribution in [2.75, 3.05) is 0 Å². The molecule has 108 valence electrons. The molecule has 0 saturated carbocycles. The van der Waals surface area contributed by atoms with Crippen LogP contribution in [0, 0.1) is 0 Å². The fourth-order valence-corrected chi connectivity index (χ4v) is 3.17. The van der Waals surface area contributed by atoms with Gasteiger partial charge in [-0.1, -0.05) is 41.0 Å². The molecule has 5 nitrogen and oxygen atoms in total. The minimum atomic E-state index is 0.497. The first-order chi connectivity index (χ1) is 10.2. The van der Waals surface area contributed by atoms with Crippen molar-refractivity contribution in [3.8, 4) is 0 Å². The van der Waals surface area contributed by atoms with Crippen LogP contribution < -0.4 is 0 Å². The Hall–Kier alpha value is -1.50. The predicted octanol–water partition coefficient (Wildman–Crippen LogP) is 3.91. The van der Waals surface area contributed by atoms with E-state index in [1.165, 1.54) is 11.8 Å². The van der Waals surface area contributed by atoms with Gasteiger partial charge in [-0.3, -0.25) is 0 Å². The lowest BCUT2D eigenvalue weighted by Gasteiger charge is -2.05. The minimum Gasteiger partial charge on any atom is -0.467 e. The number of hydrogen-bond acceptors (Lipinski definition) is 5. The maximum absolute atomic E-state index is 6.15. The van der Waals surface area contributed by atoms with Crippen LogP contribution in [-0.2, 0) is 12.3 Å². The summed E-state index contributed by atoms with van der Waals surface area (Å²) < 4.78 is 6.98.